The predicted molar refractivity (Wildman–Crippen MR) is 108 cm³/mol. The van der Waals surface area contributed by atoms with Crippen molar-refractivity contribution in [3.8, 4) is 0 Å². The van der Waals surface area contributed by atoms with E-state index in [4.69, 9.17) is 23.2 Å². The van der Waals surface area contributed by atoms with Crippen LogP contribution in [0.1, 0.15) is 6.92 Å². The SMILES string of the molecule is C[C@H](C(=O)Nc1cc(Cl)ccc1Cl)[NH+]1CCN(S(=O)(=O)c2cccs2)CC1. The molecule has 1 aromatic heterocycles. The van der Waals surface area contributed by atoms with Gasteiger partial charge in [0.05, 0.1) is 36.9 Å². The highest BCUT2D eigenvalue weighted by Crippen LogP contribution is 2.25. The van der Waals surface area contributed by atoms with Crippen LogP contribution in [0.4, 0.5) is 5.69 Å². The average Bonchev–Trinajstić information content (AvgIpc) is 3.20. The van der Waals surface area contributed by atoms with Crippen molar-refractivity contribution in [1.82, 2.24) is 4.31 Å². The molecule has 0 radical (unpaired) electrons. The van der Waals surface area contributed by atoms with Crippen molar-refractivity contribution < 1.29 is 18.1 Å². The predicted octanol–water partition coefficient (Wildman–Crippen LogP) is 1.97. The fourth-order valence-corrected chi connectivity index (χ4v) is 5.93. The number of hydrogen-bond donors (Lipinski definition) is 2. The molecule has 1 aliphatic rings. The van der Waals surface area contributed by atoms with Gasteiger partial charge in [0.1, 0.15) is 4.21 Å². The van der Waals surface area contributed by atoms with Crippen LogP contribution in [0.15, 0.2) is 39.9 Å². The Morgan fingerprint density at radius 2 is 1.96 bits per heavy atom. The highest BCUT2D eigenvalue weighted by atomic mass is 35.5. The molecule has 3 rings (SSSR count). The number of halogens is 2. The second-order valence-electron chi connectivity index (χ2n) is 6.33. The molecule has 0 aliphatic carbocycles. The minimum absolute atomic E-state index is 0.177. The molecular weight excluding hydrogens is 429 g/mol. The van der Waals surface area contributed by atoms with Crippen molar-refractivity contribution in [2.75, 3.05) is 31.5 Å². The molecule has 146 valence electrons. The Morgan fingerprint density at radius 1 is 1.26 bits per heavy atom. The minimum atomic E-state index is -3.44. The highest BCUT2D eigenvalue weighted by molar-refractivity contribution is 7.91. The summed E-state index contributed by atoms with van der Waals surface area (Å²) in [6.07, 6.45) is 0. The summed E-state index contributed by atoms with van der Waals surface area (Å²) in [6.45, 7) is 3.70. The van der Waals surface area contributed by atoms with Crippen LogP contribution in [0.2, 0.25) is 10.0 Å². The topological polar surface area (TPSA) is 70.9 Å². The van der Waals surface area contributed by atoms with Gasteiger partial charge < -0.3 is 10.2 Å². The second-order valence-corrected chi connectivity index (χ2v) is 10.3. The molecular formula is C17H20Cl2N3O3S2+. The van der Waals surface area contributed by atoms with Crippen molar-refractivity contribution in [1.29, 1.82) is 0 Å². The maximum absolute atomic E-state index is 12.6. The van der Waals surface area contributed by atoms with Crippen LogP contribution in [0.5, 0.6) is 0 Å². The lowest BCUT2D eigenvalue weighted by Gasteiger charge is -2.33. The molecule has 2 heterocycles. The number of carbonyl (C=O) groups is 1. The smallest absolute Gasteiger partial charge is 0.282 e. The highest BCUT2D eigenvalue weighted by Gasteiger charge is 2.34. The number of anilines is 1. The Morgan fingerprint density at radius 3 is 2.59 bits per heavy atom. The van der Waals surface area contributed by atoms with E-state index in [1.54, 1.807) is 35.7 Å². The molecule has 1 saturated heterocycles. The van der Waals surface area contributed by atoms with Gasteiger partial charge in [-0.25, -0.2) is 8.42 Å². The van der Waals surface area contributed by atoms with Gasteiger partial charge in [-0.15, -0.1) is 11.3 Å². The largest absolute Gasteiger partial charge is 0.323 e. The number of nitrogens with zero attached hydrogens (tertiary/aromatic N) is 1. The van der Waals surface area contributed by atoms with Gasteiger partial charge in [-0.05, 0) is 36.6 Å². The minimum Gasteiger partial charge on any atom is -0.323 e. The van der Waals surface area contributed by atoms with Gasteiger partial charge in [-0.2, -0.15) is 4.31 Å². The third-order valence-electron chi connectivity index (χ3n) is 4.65. The zero-order valence-electron chi connectivity index (χ0n) is 14.6. The second kappa shape index (κ2) is 8.46. The maximum Gasteiger partial charge on any atom is 0.282 e. The third-order valence-corrected chi connectivity index (χ3v) is 8.48. The number of nitrogens with one attached hydrogen (secondary N) is 2. The van der Waals surface area contributed by atoms with Gasteiger partial charge in [0.15, 0.2) is 6.04 Å². The Bertz CT molecular complexity index is 912. The first-order chi connectivity index (χ1) is 12.8. The van der Waals surface area contributed by atoms with Crippen LogP contribution in [-0.4, -0.2) is 50.9 Å². The lowest BCUT2D eigenvalue weighted by Crippen LogP contribution is -3.19. The van der Waals surface area contributed by atoms with Crippen molar-refractivity contribution in [3.05, 3.63) is 45.8 Å². The summed E-state index contributed by atoms with van der Waals surface area (Å²) >= 11 is 13.3. The Kier molecular flexibility index (Phi) is 6.45. The van der Waals surface area contributed by atoms with Crippen LogP contribution < -0.4 is 10.2 Å². The summed E-state index contributed by atoms with van der Waals surface area (Å²) < 4.78 is 27.0. The van der Waals surface area contributed by atoms with E-state index in [1.165, 1.54) is 15.6 Å². The van der Waals surface area contributed by atoms with Crippen molar-refractivity contribution in [2.24, 2.45) is 0 Å². The van der Waals surface area contributed by atoms with Crippen LogP contribution in [0, 0.1) is 0 Å². The summed E-state index contributed by atoms with van der Waals surface area (Å²) in [5.41, 5.74) is 0.472. The molecule has 6 nitrogen and oxygen atoms in total. The van der Waals surface area contributed by atoms with Gasteiger partial charge in [0.2, 0.25) is 0 Å². The summed E-state index contributed by atoms with van der Waals surface area (Å²) in [4.78, 5) is 13.6. The van der Waals surface area contributed by atoms with E-state index in [1.807, 2.05) is 6.92 Å². The van der Waals surface area contributed by atoms with E-state index in [0.717, 1.165) is 4.90 Å². The average molecular weight is 449 g/mol. The zero-order chi connectivity index (χ0) is 19.6. The fourth-order valence-electron chi connectivity index (χ4n) is 3.00. The Balaban J connectivity index is 1.60. The van der Waals surface area contributed by atoms with Crippen LogP contribution >= 0.6 is 34.5 Å². The molecule has 1 amide bonds. The van der Waals surface area contributed by atoms with Crippen LogP contribution in [0.3, 0.4) is 0 Å². The van der Waals surface area contributed by atoms with Crippen molar-refractivity contribution in [2.45, 2.75) is 17.2 Å². The van der Waals surface area contributed by atoms with Crippen LogP contribution in [-0.2, 0) is 14.8 Å². The fraction of sp³-hybridized carbons (Fsp3) is 0.353. The maximum atomic E-state index is 12.6. The third kappa shape index (κ3) is 4.64. The van der Waals surface area contributed by atoms with E-state index in [0.29, 0.717) is 46.1 Å². The van der Waals surface area contributed by atoms with E-state index in [9.17, 15) is 13.2 Å². The monoisotopic (exact) mass is 448 g/mol. The molecule has 10 heteroatoms. The van der Waals surface area contributed by atoms with E-state index < -0.39 is 10.0 Å². The van der Waals surface area contributed by atoms with Crippen molar-refractivity contribution >= 4 is 56.2 Å². The van der Waals surface area contributed by atoms with Gasteiger partial charge in [0, 0.05) is 5.02 Å². The number of sulfonamides is 1. The number of piperazine rings is 1. The van der Waals surface area contributed by atoms with Gasteiger partial charge in [-0.1, -0.05) is 29.3 Å². The van der Waals surface area contributed by atoms with E-state index in [-0.39, 0.29) is 11.9 Å². The number of quaternary nitrogens is 1. The lowest BCUT2D eigenvalue weighted by atomic mass is 10.2. The molecule has 27 heavy (non-hydrogen) atoms. The Labute approximate surface area is 172 Å². The van der Waals surface area contributed by atoms with Gasteiger partial charge in [-0.3, -0.25) is 4.79 Å². The van der Waals surface area contributed by atoms with Crippen LogP contribution in [0.25, 0.3) is 0 Å². The molecule has 2 aromatic rings. The first kappa shape index (κ1) is 20.6. The quantitative estimate of drug-likeness (QED) is 0.734. The molecule has 0 saturated carbocycles. The first-order valence-corrected chi connectivity index (χ1v) is 11.5. The molecule has 0 spiro atoms. The normalized spacial score (nSPS) is 17.6. The molecule has 1 aromatic carbocycles. The summed E-state index contributed by atoms with van der Waals surface area (Å²) in [5, 5.41) is 5.46. The Hall–Kier alpha value is -1.16. The van der Waals surface area contributed by atoms with E-state index >= 15 is 0 Å². The summed E-state index contributed by atoms with van der Waals surface area (Å²) in [5.74, 6) is -0.177. The number of amides is 1. The number of benzene rings is 1. The molecule has 0 unspecified atom stereocenters. The lowest BCUT2D eigenvalue weighted by molar-refractivity contribution is -0.917. The summed E-state index contributed by atoms with van der Waals surface area (Å²) in [7, 11) is -3.44. The van der Waals surface area contributed by atoms with Gasteiger partial charge >= 0.3 is 0 Å². The number of rotatable bonds is 5. The molecule has 1 atom stereocenters. The van der Waals surface area contributed by atoms with Gasteiger partial charge in [0.25, 0.3) is 15.9 Å². The van der Waals surface area contributed by atoms with E-state index in [2.05, 4.69) is 5.32 Å². The first-order valence-electron chi connectivity index (χ1n) is 8.43. The summed E-state index contributed by atoms with van der Waals surface area (Å²) in [6, 6.07) is 7.89. The molecule has 1 aliphatic heterocycles. The molecule has 0 bridgehead atoms. The molecule has 1 fully saturated rings. The van der Waals surface area contributed by atoms with Crippen molar-refractivity contribution in [3.63, 3.8) is 0 Å². The number of hydrogen-bond acceptors (Lipinski definition) is 4. The molecule has 2 N–H and O–H groups in total. The zero-order valence-corrected chi connectivity index (χ0v) is 17.8. The number of thiophene rings is 1. The number of carbonyl (C=O) groups excluding carboxylic acids is 1. The standard InChI is InChI=1S/C17H19Cl2N3O3S2/c1-12(17(23)20-15-11-13(18)4-5-14(15)19)21-6-8-22(9-7-21)27(24,25)16-3-2-10-26-16/h2-5,10-12H,6-9H2,1H3,(H,20,23)/p+1/t12-/m1/s1.